The van der Waals surface area contributed by atoms with Gasteiger partial charge < -0.3 is 33.9 Å². The van der Waals surface area contributed by atoms with Crippen LogP contribution in [0, 0.1) is 0 Å². The lowest BCUT2D eigenvalue weighted by Crippen LogP contribution is -2.43. The number of halogens is 2. The Hall–Kier alpha value is -6.40. The van der Waals surface area contributed by atoms with Crippen LogP contribution in [0.15, 0.2) is 59.7 Å². The first-order valence-electron chi connectivity index (χ1n) is 22.0. The molecule has 1 aromatic carbocycles. The van der Waals surface area contributed by atoms with Gasteiger partial charge >= 0.3 is 24.2 Å². The van der Waals surface area contributed by atoms with Gasteiger partial charge in [-0.1, -0.05) is 41.4 Å². The third-order valence-electron chi connectivity index (χ3n) is 10.3. The first-order chi connectivity index (χ1) is 31.8. The number of esters is 1. The first-order valence-corrected chi connectivity index (χ1v) is 22.7. The number of methoxy groups -OCH3 is 2. The first kappa shape index (κ1) is 51.0. The van der Waals surface area contributed by atoms with Gasteiger partial charge in [0.2, 0.25) is 11.8 Å². The van der Waals surface area contributed by atoms with Crippen molar-refractivity contribution in [3.63, 3.8) is 0 Å². The average Bonchev–Trinajstić information content (AvgIpc) is 3.86. The van der Waals surface area contributed by atoms with Gasteiger partial charge in [-0.2, -0.15) is 0 Å². The molecule has 5 heterocycles. The minimum absolute atomic E-state index is 0.0554. The molecule has 68 heavy (non-hydrogen) atoms. The summed E-state index contributed by atoms with van der Waals surface area (Å²) in [5.41, 5.74) is 0.868. The second-order valence-electron chi connectivity index (χ2n) is 19.2. The van der Waals surface area contributed by atoms with Crippen LogP contribution >= 0.6 is 23.2 Å². The van der Waals surface area contributed by atoms with Crippen LogP contribution in [0.1, 0.15) is 80.7 Å². The molecule has 0 spiro atoms. The lowest BCUT2D eigenvalue weighted by molar-refractivity contribution is -0.156. The number of aromatic nitrogens is 5. The fourth-order valence-corrected chi connectivity index (χ4v) is 8.03. The van der Waals surface area contributed by atoms with Crippen LogP contribution in [0.5, 0.6) is 11.9 Å². The van der Waals surface area contributed by atoms with Gasteiger partial charge in [0.05, 0.1) is 42.2 Å². The Morgan fingerprint density at radius 2 is 1.47 bits per heavy atom. The van der Waals surface area contributed by atoms with E-state index in [1.165, 1.54) is 33.1 Å². The Labute approximate surface area is 404 Å². The molecule has 5 aromatic rings. The van der Waals surface area contributed by atoms with Crippen LogP contribution in [0.3, 0.4) is 0 Å². The highest BCUT2D eigenvalue weighted by atomic mass is 35.5. The number of pyridine rings is 2. The lowest BCUT2D eigenvalue weighted by atomic mass is 10.00. The molecule has 364 valence electrons. The third-order valence-corrected chi connectivity index (χ3v) is 11.0. The SMILES string of the molecule is COc1nc(-c2cccc(-c3ccnc(-c4cc5c(=O)n(CCN(CC(=O)OC(C)(C)C)C(=O)OC(C)(C)C)c(OC)nn5c4)c3Cl)c2Cl)ccc1CN(C[C@@H]1CCC(=O)N1)C(=O)OC(C)(C)C. The van der Waals surface area contributed by atoms with Gasteiger partial charge in [0.1, 0.15) is 28.9 Å². The largest absolute Gasteiger partial charge is 0.481 e. The molecule has 1 fully saturated rings. The van der Waals surface area contributed by atoms with Crippen LogP contribution in [0.4, 0.5) is 9.59 Å². The molecular formula is C48H58Cl2N8O10. The van der Waals surface area contributed by atoms with Crippen molar-refractivity contribution in [1.29, 1.82) is 0 Å². The number of benzene rings is 1. The van der Waals surface area contributed by atoms with E-state index in [2.05, 4.69) is 15.4 Å². The van der Waals surface area contributed by atoms with E-state index in [4.69, 9.17) is 51.9 Å². The van der Waals surface area contributed by atoms with Crippen LogP contribution < -0.4 is 20.3 Å². The number of fused-ring (bicyclic) bond motifs is 1. The molecular weight excluding hydrogens is 919 g/mol. The Morgan fingerprint density at radius 1 is 0.824 bits per heavy atom. The summed E-state index contributed by atoms with van der Waals surface area (Å²) in [6.07, 6.45) is 2.86. The van der Waals surface area contributed by atoms with Crippen molar-refractivity contribution in [2.75, 3.05) is 33.9 Å². The summed E-state index contributed by atoms with van der Waals surface area (Å²) in [5, 5.41) is 8.02. The predicted octanol–water partition coefficient (Wildman–Crippen LogP) is 8.21. The summed E-state index contributed by atoms with van der Waals surface area (Å²) < 4.78 is 30.6. The number of nitrogens with one attached hydrogen (secondary N) is 1. The highest BCUT2D eigenvalue weighted by Crippen LogP contribution is 2.42. The molecule has 0 saturated carbocycles. The molecule has 0 bridgehead atoms. The fourth-order valence-electron chi connectivity index (χ4n) is 7.38. The van der Waals surface area contributed by atoms with E-state index < -0.39 is 47.1 Å². The van der Waals surface area contributed by atoms with Crippen molar-refractivity contribution < 1.29 is 42.9 Å². The van der Waals surface area contributed by atoms with Crippen LogP contribution in [0.2, 0.25) is 10.0 Å². The zero-order valence-corrected chi connectivity index (χ0v) is 41.7. The highest BCUT2D eigenvalue weighted by Gasteiger charge is 2.31. The van der Waals surface area contributed by atoms with Crippen LogP contribution in [-0.4, -0.2) is 115 Å². The second-order valence-corrected chi connectivity index (χ2v) is 20.0. The molecule has 1 saturated heterocycles. The summed E-state index contributed by atoms with van der Waals surface area (Å²) >= 11 is 14.3. The molecule has 1 atom stereocenters. The van der Waals surface area contributed by atoms with E-state index in [1.54, 1.807) is 92.9 Å². The van der Waals surface area contributed by atoms with E-state index >= 15 is 0 Å². The maximum atomic E-state index is 14.1. The normalized spacial score (nSPS) is 14.1. The summed E-state index contributed by atoms with van der Waals surface area (Å²) in [6.45, 7) is 15.4. The van der Waals surface area contributed by atoms with Crippen molar-refractivity contribution in [3.05, 3.63) is 80.8 Å². The standard InChI is InChI=1S/C48H58Cl2N8O10/c1-46(2,3)66-37(60)27-55(44(62)67-47(4,5)6)21-22-57-42(61)35-23-29(25-58(35)54-43(57)65-11)40-39(50)32(19-20-51-40)31-13-12-14-33(38(31)49)34-17-15-28(41(53-34)64-10)24-56(45(63)68-48(7,8)9)26-30-16-18-36(59)52-30/h12-15,17,19-20,23,25,30H,16,18,21-22,24,26-27H2,1-11H3,(H,52,59)/t30-/m0/s1. The van der Waals surface area contributed by atoms with E-state index in [0.717, 1.165) is 0 Å². The topological polar surface area (TPSA) is 198 Å². The van der Waals surface area contributed by atoms with Gasteiger partial charge in [0, 0.05) is 72.3 Å². The number of hydrogen-bond donors (Lipinski definition) is 1. The lowest BCUT2D eigenvalue weighted by Gasteiger charge is -2.29. The molecule has 18 nitrogen and oxygen atoms in total. The van der Waals surface area contributed by atoms with Crippen molar-refractivity contribution in [2.24, 2.45) is 0 Å². The number of ether oxygens (including phenoxy) is 5. The number of carbonyl (C=O) groups is 4. The summed E-state index contributed by atoms with van der Waals surface area (Å²) in [4.78, 5) is 77.6. The Balaban J connectivity index is 1.28. The Bertz CT molecular complexity index is 2770. The minimum Gasteiger partial charge on any atom is -0.481 e. The number of nitrogens with zero attached hydrogens (tertiary/aromatic N) is 7. The fraction of sp³-hybridized carbons (Fsp3) is 0.458. The second kappa shape index (κ2) is 20.4. The van der Waals surface area contributed by atoms with E-state index in [-0.39, 0.29) is 60.6 Å². The predicted molar refractivity (Wildman–Crippen MR) is 256 cm³/mol. The van der Waals surface area contributed by atoms with E-state index in [1.807, 2.05) is 24.3 Å². The molecule has 1 aliphatic heterocycles. The van der Waals surface area contributed by atoms with Crippen molar-refractivity contribution >= 4 is 52.8 Å². The van der Waals surface area contributed by atoms with Gasteiger partial charge in [-0.05, 0) is 93.0 Å². The Morgan fingerprint density at radius 3 is 2.09 bits per heavy atom. The van der Waals surface area contributed by atoms with E-state index in [0.29, 0.717) is 57.1 Å². The van der Waals surface area contributed by atoms with E-state index in [9.17, 15) is 24.0 Å². The molecule has 1 aliphatic rings. The maximum Gasteiger partial charge on any atom is 0.410 e. The summed E-state index contributed by atoms with van der Waals surface area (Å²) in [6, 6.07) is 12.1. The molecule has 0 unspecified atom stereocenters. The summed E-state index contributed by atoms with van der Waals surface area (Å²) in [5.74, 6) is -0.441. The maximum absolute atomic E-state index is 14.1. The molecule has 0 radical (unpaired) electrons. The number of hydrogen-bond acceptors (Lipinski definition) is 13. The number of amides is 3. The molecule has 6 rings (SSSR count). The van der Waals surface area contributed by atoms with Crippen molar-refractivity contribution in [3.8, 4) is 45.5 Å². The third kappa shape index (κ3) is 12.6. The monoisotopic (exact) mass is 976 g/mol. The highest BCUT2D eigenvalue weighted by molar-refractivity contribution is 6.39. The number of carbonyl (C=O) groups excluding carboxylic acids is 4. The molecule has 4 aromatic heterocycles. The van der Waals surface area contributed by atoms with Crippen molar-refractivity contribution in [1.82, 2.24) is 39.3 Å². The quantitative estimate of drug-likeness (QED) is 0.0826. The van der Waals surface area contributed by atoms with Gasteiger partial charge in [0.15, 0.2) is 0 Å². The van der Waals surface area contributed by atoms with Crippen LogP contribution in [0.25, 0.3) is 39.2 Å². The zero-order chi connectivity index (χ0) is 49.9. The van der Waals surface area contributed by atoms with Gasteiger partial charge in [0.25, 0.3) is 5.56 Å². The van der Waals surface area contributed by atoms with Gasteiger partial charge in [-0.3, -0.25) is 28.8 Å². The molecule has 1 N–H and O–H groups in total. The molecule has 0 aliphatic carbocycles. The minimum atomic E-state index is -0.854. The Kier molecular flexibility index (Phi) is 15.3. The average molecular weight is 978 g/mol. The zero-order valence-electron chi connectivity index (χ0n) is 40.2. The summed E-state index contributed by atoms with van der Waals surface area (Å²) in [7, 11) is 2.85. The molecule has 3 amide bonds. The van der Waals surface area contributed by atoms with Crippen molar-refractivity contribution in [2.45, 2.75) is 111 Å². The van der Waals surface area contributed by atoms with Crippen LogP contribution in [-0.2, 0) is 36.9 Å². The smallest absolute Gasteiger partial charge is 0.410 e. The van der Waals surface area contributed by atoms with Gasteiger partial charge in [-0.25, -0.2) is 19.1 Å². The molecule has 20 heteroatoms. The number of rotatable bonds is 14. The van der Waals surface area contributed by atoms with Gasteiger partial charge in [-0.15, -0.1) is 5.10 Å².